The average molecular weight is 297 g/mol. The standard InChI is InChI=1S/C19H23NO2/c1-14(21)20-17-9-11-18(12-10-17)22-13-15-5-7-16(8-6-15)19(2,3)4/h5-12H,13H2,1-4H3,(H,20,21). The van der Waals surface area contributed by atoms with E-state index in [4.69, 9.17) is 4.74 Å². The van der Waals surface area contributed by atoms with Gasteiger partial charge in [0.2, 0.25) is 5.91 Å². The number of carbonyl (C=O) groups excluding carboxylic acids is 1. The van der Waals surface area contributed by atoms with Crippen LogP contribution in [0.25, 0.3) is 0 Å². The number of hydrogen-bond acceptors (Lipinski definition) is 2. The van der Waals surface area contributed by atoms with Crippen LogP contribution in [0.3, 0.4) is 0 Å². The van der Waals surface area contributed by atoms with Crippen molar-refractivity contribution in [3.05, 3.63) is 59.7 Å². The Morgan fingerprint density at radius 3 is 2.09 bits per heavy atom. The molecule has 0 saturated carbocycles. The summed E-state index contributed by atoms with van der Waals surface area (Å²) in [6.07, 6.45) is 0. The van der Waals surface area contributed by atoms with Crippen molar-refractivity contribution in [1.29, 1.82) is 0 Å². The highest BCUT2D eigenvalue weighted by Gasteiger charge is 2.12. The van der Waals surface area contributed by atoms with E-state index in [-0.39, 0.29) is 11.3 Å². The zero-order chi connectivity index (χ0) is 16.2. The van der Waals surface area contributed by atoms with Gasteiger partial charge in [-0.1, -0.05) is 45.0 Å². The van der Waals surface area contributed by atoms with E-state index in [1.54, 1.807) is 0 Å². The van der Waals surface area contributed by atoms with Crippen molar-refractivity contribution in [2.45, 2.75) is 39.7 Å². The summed E-state index contributed by atoms with van der Waals surface area (Å²) in [7, 11) is 0. The summed E-state index contributed by atoms with van der Waals surface area (Å²) in [6.45, 7) is 8.63. The van der Waals surface area contributed by atoms with Crippen LogP contribution >= 0.6 is 0 Å². The Morgan fingerprint density at radius 2 is 1.59 bits per heavy atom. The number of benzene rings is 2. The van der Waals surface area contributed by atoms with E-state index in [9.17, 15) is 4.79 Å². The van der Waals surface area contributed by atoms with Crippen LogP contribution in [-0.4, -0.2) is 5.91 Å². The van der Waals surface area contributed by atoms with Gasteiger partial charge in [0.1, 0.15) is 12.4 Å². The van der Waals surface area contributed by atoms with Gasteiger partial charge >= 0.3 is 0 Å². The van der Waals surface area contributed by atoms with Gasteiger partial charge in [0.05, 0.1) is 0 Å². The first-order chi connectivity index (χ1) is 10.3. The highest BCUT2D eigenvalue weighted by molar-refractivity contribution is 5.88. The lowest BCUT2D eigenvalue weighted by Gasteiger charge is -2.19. The quantitative estimate of drug-likeness (QED) is 0.901. The molecule has 0 aliphatic carbocycles. The third-order valence-corrected chi connectivity index (χ3v) is 3.40. The number of nitrogens with one attached hydrogen (secondary N) is 1. The molecule has 22 heavy (non-hydrogen) atoms. The lowest BCUT2D eigenvalue weighted by molar-refractivity contribution is -0.114. The van der Waals surface area contributed by atoms with Gasteiger partial charge in [-0.25, -0.2) is 0 Å². The van der Waals surface area contributed by atoms with Crippen LogP contribution in [0.5, 0.6) is 5.75 Å². The lowest BCUT2D eigenvalue weighted by Crippen LogP contribution is -2.10. The molecule has 0 bridgehead atoms. The molecule has 2 aromatic rings. The first kappa shape index (κ1) is 16.1. The van der Waals surface area contributed by atoms with Gasteiger partial charge in [-0.2, -0.15) is 0 Å². The van der Waals surface area contributed by atoms with Crippen LogP contribution in [0.1, 0.15) is 38.8 Å². The summed E-state index contributed by atoms with van der Waals surface area (Å²) in [6, 6.07) is 15.9. The smallest absolute Gasteiger partial charge is 0.221 e. The number of ether oxygens (including phenoxy) is 1. The molecule has 0 aliphatic heterocycles. The molecular weight excluding hydrogens is 274 g/mol. The summed E-state index contributed by atoms with van der Waals surface area (Å²) in [5.41, 5.74) is 3.39. The van der Waals surface area contributed by atoms with E-state index in [2.05, 4.69) is 50.4 Å². The fourth-order valence-electron chi connectivity index (χ4n) is 2.11. The second-order valence-corrected chi connectivity index (χ2v) is 6.44. The summed E-state index contributed by atoms with van der Waals surface area (Å²) < 4.78 is 5.76. The van der Waals surface area contributed by atoms with Crippen molar-refractivity contribution in [3.8, 4) is 5.75 Å². The lowest BCUT2D eigenvalue weighted by atomic mass is 9.87. The number of carbonyl (C=O) groups is 1. The number of hydrogen-bond donors (Lipinski definition) is 1. The van der Waals surface area contributed by atoms with Gasteiger partial charge in [-0.3, -0.25) is 4.79 Å². The summed E-state index contributed by atoms with van der Waals surface area (Å²) >= 11 is 0. The molecule has 1 amide bonds. The normalized spacial score (nSPS) is 11.1. The fourth-order valence-corrected chi connectivity index (χ4v) is 2.11. The zero-order valence-corrected chi connectivity index (χ0v) is 13.6. The maximum Gasteiger partial charge on any atom is 0.221 e. The minimum absolute atomic E-state index is 0.0763. The number of anilines is 1. The van der Waals surface area contributed by atoms with Crippen molar-refractivity contribution in [1.82, 2.24) is 0 Å². The maximum atomic E-state index is 11.0. The van der Waals surface area contributed by atoms with Crippen LogP contribution in [0, 0.1) is 0 Å². The average Bonchev–Trinajstić information content (AvgIpc) is 2.45. The molecule has 0 heterocycles. The van der Waals surface area contributed by atoms with Crippen LogP contribution < -0.4 is 10.1 Å². The molecule has 0 aliphatic rings. The highest BCUT2D eigenvalue weighted by Crippen LogP contribution is 2.23. The minimum atomic E-state index is -0.0763. The Labute approximate surface area is 132 Å². The summed E-state index contributed by atoms with van der Waals surface area (Å²) in [5, 5.41) is 2.73. The maximum absolute atomic E-state index is 11.0. The molecule has 3 nitrogen and oxygen atoms in total. The Balaban J connectivity index is 1.94. The molecular formula is C19H23NO2. The van der Waals surface area contributed by atoms with Gasteiger partial charge in [0.25, 0.3) is 0 Å². The van der Waals surface area contributed by atoms with Gasteiger partial charge in [-0.05, 0) is 40.8 Å². The predicted molar refractivity (Wildman–Crippen MR) is 90.2 cm³/mol. The van der Waals surface area contributed by atoms with E-state index in [1.165, 1.54) is 12.5 Å². The topological polar surface area (TPSA) is 38.3 Å². The van der Waals surface area contributed by atoms with E-state index in [0.717, 1.165) is 17.0 Å². The van der Waals surface area contributed by atoms with Crippen molar-refractivity contribution in [2.24, 2.45) is 0 Å². The Morgan fingerprint density at radius 1 is 1.00 bits per heavy atom. The van der Waals surface area contributed by atoms with Crippen LogP contribution in [-0.2, 0) is 16.8 Å². The van der Waals surface area contributed by atoms with Crippen LogP contribution in [0.15, 0.2) is 48.5 Å². The molecule has 0 atom stereocenters. The van der Waals surface area contributed by atoms with Gasteiger partial charge in [-0.15, -0.1) is 0 Å². The first-order valence-corrected chi connectivity index (χ1v) is 7.44. The molecule has 3 heteroatoms. The molecule has 1 N–H and O–H groups in total. The molecule has 0 saturated heterocycles. The van der Waals surface area contributed by atoms with E-state index >= 15 is 0 Å². The predicted octanol–water partition coefficient (Wildman–Crippen LogP) is 4.52. The van der Waals surface area contributed by atoms with Crippen molar-refractivity contribution in [2.75, 3.05) is 5.32 Å². The summed E-state index contributed by atoms with van der Waals surface area (Å²) in [4.78, 5) is 11.0. The molecule has 2 aromatic carbocycles. The fraction of sp³-hybridized carbons (Fsp3) is 0.316. The number of rotatable bonds is 4. The molecule has 116 valence electrons. The third kappa shape index (κ3) is 4.62. The Kier molecular flexibility index (Phi) is 4.86. The zero-order valence-electron chi connectivity index (χ0n) is 13.6. The number of amides is 1. The largest absolute Gasteiger partial charge is 0.489 e. The van der Waals surface area contributed by atoms with Crippen molar-refractivity contribution >= 4 is 11.6 Å². The van der Waals surface area contributed by atoms with E-state index in [0.29, 0.717) is 6.61 Å². The van der Waals surface area contributed by atoms with Crippen molar-refractivity contribution < 1.29 is 9.53 Å². The first-order valence-electron chi connectivity index (χ1n) is 7.44. The second-order valence-electron chi connectivity index (χ2n) is 6.44. The highest BCUT2D eigenvalue weighted by atomic mass is 16.5. The Hall–Kier alpha value is -2.29. The summed E-state index contributed by atoms with van der Waals surface area (Å²) in [5.74, 6) is 0.710. The van der Waals surface area contributed by atoms with E-state index < -0.39 is 0 Å². The molecule has 2 rings (SSSR count). The van der Waals surface area contributed by atoms with Gasteiger partial charge in [0, 0.05) is 12.6 Å². The second kappa shape index (κ2) is 6.65. The van der Waals surface area contributed by atoms with Crippen molar-refractivity contribution in [3.63, 3.8) is 0 Å². The molecule has 0 radical (unpaired) electrons. The van der Waals surface area contributed by atoms with Gasteiger partial charge in [0.15, 0.2) is 0 Å². The molecule has 0 spiro atoms. The van der Waals surface area contributed by atoms with Crippen LogP contribution in [0.2, 0.25) is 0 Å². The van der Waals surface area contributed by atoms with Gasteiger partial charge < -0.3 is 10.1 Å². The monoisotopic (exact) mass is 297 g/mol. The van der Waals surface area contributed by atoms with Crippen LogP contribution in [0.4, 0.5) is 5.69 Å². The Bertz CT molecular complexity index is 622. The molecule has 0 unspecified atom stereocenters. The third-order valence-electron chi connectivity index (χ3n) is 3.40. The SMILES string of the molecule is CC(=O)Nc1ccc(OCc2ccc(C(C)(C)C)cc2)cc1. The van der Waals surface area contributed by atoms with E-state index in [1.807, 2.05) is 24.3 Å². The minimum Gasteiger partial charge on any atom is -0.489 e. The molecule has 0 fully saturated rings. The molecule has 0 aromatic heterocycles.